The highest BCUT2D eigenvalue weighted by atomic mass is 16.7. The summed E-state index contributed by atoms with van der Waals surface area (Å²) in [6.07, 6.45) is 0.299. The van der Waals surface area contributed by atoms with E-state index in [0.29, 0.717) is 6.42 Å². The van der Waals surface area contributed by atoms with Gasteiger partial charge in [-0.15, -0.1) is 0 Å². The van der Waals surface area contributed by atoms with Crippen LogP contribution in [-0.4, -0.2) is 16.9 Å². The molecular formula is C11H14O3. The van der Waals surface area contributed by atoms with E-state index in [-0.39, 0.29) is 0 Å². The largest absolute Gasteiger partial charge is 0.433 e. The van der Waals surface area contributed by atoms with Crippen LogP contribution in [0.3, 0.4) is 0 Å². The van der Waals surface area contributed by atoms with Crippen LogP contribution in [0.5, 0.6) is 0 Å². The molecule has 0 bridgehead atoms. The van der Waals surface area contributed by atoms with Gasteiger partial charge in [-0.3, -0.25) is 4.79 Å². The summed E-state index contributed by atoms with van der Waals surface area (Å²) in [7, 11) is 0. The molecule has 0 aliphatic rings. The molecule has 0 radical (unpaired) electrons. The van der Waals surface area contributed by atoms with Gasteiger partial charge in [0.1, 0.15) is 0 Å². The maximum Gasteiger partial charge on any atom is 0.305 e. The summed E-state index contributed by atoms with van der Waals surface area (Å²) >= 11 is 0. The van der Waals surface area contributed by atoms with Crippen molar-refractivity contribution in [3.63, 3.8) is 0 Å². The van der Waals surface area contributed by atoms with E-state index in [1.807, 2.05) is 30.3 Å². The Morgan fingerprint density at radius 2 is 2.00 bits per heavy atom. The van der Waals surface area contributed by atoms with Crippen molar-refractivity contribution in [3.8, 4) is 0 Å². The first-order valence-electron chi connectivity index (χ1n) is 4.45. The molecule has 1 aromatic carbocycles. The zero-order chi connectivity index (χ0) is 10.6. The summed E-state index contributed by atoms with van der Waals surface area (Å²) in [4.78, 5) is 10.7. The number of carbonyl (C=O) groups is 1. The third-order valence-electron chi connectivity index (χ3n) is 1.74. The Morgan fingerprint density at radius 3 is 2.50 bits per heavy atom. The van der Waals surface area contributed by atoms with Crippen molar-refractivity contribution in [3.05, 3.63) is 35.9 Å². The number of hydrogen-bond acceptors (Lipinski definition) is 3. The highest BCUT2D eigenvalue weighted by molar-refractivity contribution is 5.66. The fourth-order valence-electron chi connectivity index (χ4n) is 1.32. The molecule has 0 saturated carbocycles. The molecule has 1 rings (SSSR count). The molecule has 0 saturated heterocycles. The van der Waals surface area contributed by atoms with Crippen molar-refractivity contribution in [1.29, 1.82) is 0 Å². The molecule has 0 heterocycles. The molecule has 0 aliphatic heterocycles. The van der Waals surface area contributed by atoms with Crippen molar-refractivity contribution in [1.82, 2.24) is 0 Å². The molecule has 0 aromatic heterocycles. The van der Waals surface area contributed by atoms with Crippen LogP contribution in [0.2, 0.25) is 0 Å². The lowest BCUT2D eigenvalue weighted by Crippen LogP contribution is -2.32. The minimum absolute atomic E-state index is 0.299. The predicted molar refractivity (Wildman–Crippen MR) is 52.5 cm³/mol. The van der Waals surface area contributed by atoms with Crippen LogP contribution in [0.25, 0.3) is 0 Å². The number of esters is 1. The molecule has 0 fully saturated rings. The summed E-state index contributed by atoms with van der Waals surface area (Å²) in [6, 6.07) is 9.39. The zero-order valence-corrected chi connectivity index (χ0v) is 8.36. The molecule has 1 atom stereocenters. The van der Waals surface area contributed by atoms with Crippen molar-refractivity contribution >= 4 is 5.97 Å². The molecule has 0 aliphatic carbocycles. The Morgan fingerprint density at radius 1 is 1.43 bits per heavy atom. The SMILES string of the molecule is CC(=O)OC(C)(O)Cc1ccccc1. The fourth-order valence-corrected chi connectivity index (χ4v) is 1.32. The summed E-state index contributed by atoms with van der Waals surface area (Å²) in [5, 5.41) is 9.70. The summed E-state index contributed by atoms with van der Waals surface area (Å²) in [6.45, 7) is 2.75. The molecule has 0 spiro atoms. The normalized spacial score (nSPS) is 14.5. The highest BCUT2D eigenvalue weighted by Crippen LogP contribution is 2.14. The van der Waals surface area contributed by atoms with Gasteiger partial charge in [0.25, 0.3) is 0 Å². The molecule has 3 nitrogen and oxygen atoms in total. The Kier molecular flexibility index (Phi) is 3.25. The lowest BCUT2D eigenvalue weighted by atomic mass is 10.1. The Balaban J connectivity index is 2.63. The van der Waals surface area contributed by atoms with E-state index in [1.165, 1.54) is 13.8 Å². The topological polar surface area (TPSA) is 46.5 Å². The predicted octanol–water partition coefficient (Wildman–Crippen LogP) is 1.50. The van der Waals surface area contributed by atoms with Gasteiger partial charge in [0, 0.05) is 20.3 Å². The van der Waals surface area contributed by atoms with Crippen molar-refractivity contribution in [2.24, 2.45) is 0 Å². The number of ether oxygens (including phenoxy) is 1. The summed E-state index contributed by atoms with van der Waals surface area (Å²) in [5.41, 5.74) is 0.929. The minimum Gasteiger partial charge on any atom is -0.433 e. The first-order chi connectivity index (χ1) is 6.49. The lowest BCUT2D eigenvalue weighted by molar-refractivity contribution is -0.198. The van der Waals surface area contributed by atoms with Gasteiger partial charge in [-0.1, -0.05) is 30.3 Å². The lowest BCUT2D eigenvalue weighted by Gasteiger charge is -2.22. The number of benzene rings is 1. The van der Waals surface area contributed by atoms with E-state index in [4.69, 9.17) is 4.74 Å². The first kappa shape index (κ1) is 10.7. The summed E-state index contributed by atoms with van der Waals surface area (Å²) in [5.74, 6) is -1.90. The third-order valence-corrected chi connectivity index (χ3v) is 1.74. The van der Waals surface area contributed by atoms with Gasteiger partial charge in [0.05, 0.1) is 0 Å². The van der Waals surface area contributed by atoms with Gasteiger partial charge in [0.2, 0.25) is 5.79 Å². The van der Waals surface area contributed by atoms with E-state index in [9.17, 15) is 9.90 Å². The smallest absolute Gasteiger partial charge is 0.305 e. The molecule has 3 heteroatoms. The Bertz CT molecular complexity index is 304. The van der Waals surface area contributed by atoms with E-state index < -0.39 is 11.8 Å². The second-order valence-electron chi connectivity index (χ2n) is 3.43. The fraction of sp³-hybridized carbons (Fsp3) is 0.364. The molecule has 14 heavy (non-hydrogen) atoms. The van der Waals surface area contributed by atoms with E-state index in [0.717, 1.165) is 5.56 Å². The van der Waals surface area contributed by atoms with Gasteiger partial charge < -0.3 is 9.84 Å². The number of hydrogen-bond donors (Lipinski definition) is 1. The Hall–Kier alpha value is -1.35. The highest BCUT2D eigenvalue weighted by Gasteiger charge is 2.23. The first-order valence-corrected chi connectivity index (χ1v) is 4.45. The van der Waals surface area contributed by atoms with Crippen LogP contribution in [0.1, 0.15) is 19.4 Å². The molecule has 76 valence electrons. The van der Waals surface area contributed by atoms with E-state index in [2.05, 4.69) is 0 Å². The van der Waals surface area contributed by atoms with Crippen molar-refractivity contribution in [2.75, 3.05) is 0 Å². The van der Waals surface area contributed by atoms with Gasteiger partial charge in [-0.05, 0) is 5.56 Å². The van der Waals surface area contributed by atoms with E-state index in [1.54, 1.807) is 0 Å². The third kappa shape index (κ3) is 3.58. The van der Waals surface area contributed by atoms with Gasteiger partial charge >= 0.3 is 5.97 Å². The second-order valence-corrected chi connectivity index (χ2v) is 3.43. The van der Waals surface area contributed by atoms with Crippen LogP contribution >= 0.6 is 0 Å². The molecule has 1 N–H and O–H groups in total. The van der Waals surface area contributed by atoms with Gasteiger partial charge in [0.15, 0.2) is 0 Å². The molecule has 1 aromatic rings. The number of aliphatic hydroxyl groups is 1. The molecule has 1 unspecified atom stereocenters. The quantitative estimate of drug-likeness (QED) is 0.586. The monoisotopic (exact) mass is 194 g/mol. The second kappa shape index (κ2) is 4.24. The number of carbonyl (C=O) groups excluding carboxylic acids is 1. The van der Waals surface area contributed by atoms with Crippen molar-refractivity contribution < 1.29 is 14.6 Å². The zero-order valence-electron chi connectivity index (χ0n) is 8.36. The Labute approximate surface area is 83.3 Å². The van der Waals surface area contributed by atoms with E-state index >= 15 is 0 Å². The standard InChI is InChI=1S/C11H14O3/c1-9(12)14-11(2,13)8-10-6-4-3-5-7-10/h3-7,13H,8H2,1-2H3. The maximum atomic E-state index is 10.7. The minimum atomic E-state index is -1.42. The van der Waals surface area contributed by atoms with Gasteiger partial charge in [-0.25, -0.2) is 0 Å². The number of rotatable bonds is 3. The van der Waals surface area contributed by atoms with Crippen LogP contribution < -0.4 is 0 Å². The van der Waals surface area contributed by atoms with Crippen molar-refractivity contribution in [2.45, 2.75) is 26.1 Å². The van der Waals surface area contributed by atoms with Crippen LogP contribution in [0.15, 0.2) is 30.3 Å². The van der Waals surface area contributed by atoms with Crippen LogP contribution in [0.4, 0.5) is 0 Å². The van der Waals surface area contributed by atoms with Gasteiger partial charge in [-0.2, -0.15) is 0 Å². The average molecular weight is 194 g/mol. The average Bonchev–Trinajstić information content (AvgIpc) is 2.02. The van der Waals surface area contributed by atoms with Crippen LogP contribution in [-0.2, 0) is 16.0 Å². The molecule has 0 amide bonds. The van der Waals surface area contributed by atoms with Crippen LogP contribution in [0, 0.1) is 0 Å². The summed E-state index contributed by atoms with van der Waals surface area (Å²) < 4.78 is 4.76. The molecular weight excluding hydrogens is 180 g/mol. The maximum absolute atomic E-state index is 10.7.